The second kappa shape index (κ2) is 14.0. The molecular weight excluding hydrogens is 484 g/mol. The lowest BCUT2D eigenvalue weighted by Crippen LogP contribution is -2.29. The zero-order valence-corrected chi connectivity index (χ0v) is 25.3. The minimum Gasteiger partial charge on any atom is -0.494 e. The Morgan fingerprint density at radius 1 is 1.03 bits per heavy atom. The zero-order valence-electron chi connectivity index (χ0n) is 25.3. The molecule has 0 amide bonds. The number of rotatable bonds is 13. The van der Waals surface area contributed by atoms with E-state index in [1.165, 1.54) is 35.1 Å². The predicted molar refractivity (Wildman–Crippen MR) is 167 cm³/mol. The average Bonchev–Trinajstić information content (AvgIpc) is 2.92. The molecule has 0 aliphatic heterocycles. The number of hydrogen-bond acceptors (Lipinski definition) is 7. The van der Waals surface area contributed by atoms with Crippen LogP contribution in [0.5, 0.6) is 5.75 Å². The first-order chi connectivity index (χ1) is 18.7. The van der Waals surface area contributed by atoms with Crippen LogP contribution in [0.4, 0.5) is 23.0 Å². The van der Waals surface area contributed by atoms with Gasteiger partial charge in [-0.15, -0.1) is 0 Å². The Hall–Kier alpha value is -3.58. The summed E-state index contributed by atoms with van der Waals surface area (Å²) in [6.07, 6.45) is 5.29. The van der Waals surface area contributed by atoms with E-state index in [2.05, 4.69) is 105 Å². The Morgan fingerprint density at radius 2 is 1.79 bits per heavy atom. The molecule has 0 radical (unpaired) electrons. The van der Waals surface area contributed by atoms with Crippen LogP contribution in [0.2, 0.25) is 0 Å². The minimum atomic E-state index is 0.528. The molecule has 0 saturated heterocycles. The number of methoxy groups -OCH3 is 1. The Balaban J connectivity index is 1.97. The fourth-order valence-electron chi connectivity index (χ4n) is 4.76. The Kier molecular flexibility index (Phi) is 10.8. The standard InChI is InChI=1S/C32H46N6O/c1-10-11-13-24-14-12-15-25(23(24)4)31(22(2)3)26-16-17-34-32(35-26)36-28-20-27(33-5)29(21-30(28)39-9)38(8)19-18-37(6)7/h12,14-17,20-21,33H,10-11,13,18-19H2,1-9H3,(H,34,35,36). The highest BCUT2D eigenvalue weighted by molar-refractivity contribution is 5.83. The van der Waals surface area contributed by atoms with E-state index in [1.54, 1.807) is 7.11 Å². The summed E-state index contributed by atoms with van der Waals surface area (Å²) in [5.74, 6) is 1.26. The number of unbranched alkanes of at least 4 members (excludes halogenated alkanes) is 1. The van der Waals surface area contributed by atoms with Gasteiger partial charge in [-0.05, 0) is 76.5 Å². The number of benzene rings is 2. The highest BCUT2D eigenvalue weighted by Crippen LogP contribution is 2.38. The van der Waals surface area contributed by atoms with E-state index in [0.717, 1.165) is 53.6 Å². The molecule has 0 fully saturated rings. The van der Waals surface area contributed by atoms with E-state index in [9.17, 15) is 0 Å². The third-order valence-electron chi connectivity index (χ3n) is 7.05. The molecule has 7 nitrogen and oxygen atoms in total. The quantitative estimate of drug-likeness (QED) is 0.253. The van der Waals surface area contributed by atoms with Gasteiger partial charge in [0, 0.05) is 45.0 Å². The molecule has 0 spiro atoms. The van der Waals surface area contributed by atoms with Crippen molar-refractivity contribution >= 4 is 28.6 Å². The van der Waals surface area contributed by atoms with E-state index in [-0.39, 0.29) is 0 Å². The first-order valence-corrected chi connectivity index (χ1v) is 13.8. The van der Waals surface area contributed by atoms with Crippen LogP contribution in [0.25, 0.3) is 5.57 Å². The van der Waals surface area contributed by atoms with Gasteiger partial charge in [0.2, 0.25) is 5.95 Å². The molecule has 0 bridgehead atoms. The second-order valence-electron chi connectivity index (χ2n) is 10.5. The van der Waals surface area contributed by atoms with E-state index in [0.29, 0.717) is 5.95 Å². The topological polar surface area (TPSA) is 65.6 Å². The molecule has 3 rings (SSSR count). The Morgan fingerprint density at radius 3 is 2.44 bits per heavy atom. The van der Waals surface area contributed by atoms with Crippen LogP contribution in [-0.2, 0) is 6.42 Å². The molecule has 7 heteroatoms. The van der Waals surface area contributed by atoms with Crippen LogP contribution in [0.15, 0.2) is 48.2 Å². The van der Waals surface area contributed by atoms with Crippen LogP contribution in [-0.4, -0.2) is 63.3 Å². The zero-order chi connectivity index (χ0) is 28.5. The van der Waals surface area contributed by atoms with Crippen LogP contribution in [0, 0.1) is 6.92 Å². The summed E-state index contributed by atoms with van der Waals surface area (Å²) < 4.78 is 5.79. The van der Waals surface area contributed by atoms with Crippen LogP contribution in [0.3, 0.4) is 0 Å². The lowest BCUT2D eigenvalue weighted by molar-refractivity contribution is 0.413. The first-order valence-electron chi connectivity index (χ1n) is 13.8. The maximum absolute atomic E-state index is 5.79. The predicted octanol–water partition coefficient (Wildman–Crippen LogP) is 6.76. The molecule has 0 saturated carbocycles. The summed E-state index contributed by atoms with van der Waals surface area (Å²) in [5.41, 5.74) is 10.1. The molecule has 1 heterocycles. The monoisotopic (exact) mass is 530 g/mol. The number of anilines is 4. The van der Waals surface area contributed by atoms with Gasteiger partial charge >= 0.3 is 0 Å². The minimum absolute atomic E-state index is 0.528. The lowest BCUT2D eigenvalue weighted by atomic mass is 9.90. The first kappa shape index (κ1) is 30.0. The molecule has 3 aromatic rings. The van der Waals surface area contributed by atoms with Crippen molar-refractivity contribution in [2.75, 3.05) is 63.9 Å². The molecule has 0 aliphatic rings. The summed E-state index contributed by atoms with van der Waals surface area (Å²) in [6, 6.07) is 12.7. The number of ether oxygens (including phenoxy) is 1. The third-order valence-corrected chi connectivity index (χ3v) is 7.05. The second-order valence-corrected chi connectivity index (χ2v) is 10.5. The summed E-state index contributed by atoms with van der Waals surface area (Å²) >= 11 is 0. The van der Waals surface area contributed by atoms with Crippen molar-refractivity contribution in [1.29, 1.82) is 0 Å². The van der Waals surface area contributed by atoms with Crippen molar-refractivity contribution in [3.8, 4) is 5.75 Å². The summed E-state index contributed by atoms with van der Waals surface area (Å²) in [5, 5.41) is 6.75. The van der Waals surface area contributed by atoms with Gasteiger partial charge in [0.15, 0.2) is 0 Å². The molecule has 0 unspecified atom stereocenters. The van der Waals surface area contributed by atoms with Crippen LogP contribution < -0.4 is 20.3 Å². The van der Waals surface area contributed by atoms with Crippen molar-refractivity contribution in [2.45, 2.75) is 47.0 Å². The van der Waals surface area contributed by atoms with Gasteiger partial charge in [-0.1, -0.05) is 37.1 Å². The van der Waals surface area contributed by atoms with Gasteiger partial charge in [0.1, 0.15) is 5.75 Å². The summed E-state index contributed by atoms with van der Waals surface area (Å²) in [4.78, 5) is 13.9. The van der Waals surface area contributed by atoms with Crippen molar-refractivity contribution in [1.82, 2.24) is 14.9 Å². The molecule has 1 aromatic heterocycles. The highest BCUT2D eigenvalue weighted by Gasteiger charge is 2.17. The SMILES string of the molecule is CCCCc1cccc(C(=C(C)C)c2ccnc(Nc3cc(NC)c(N(C)CCN(C)C)cc3OC)n2)c1C. The number of aromatic nitrogens is 2. The van der Waals surface area contributed by atoms with Crippen molar-refractivity contribution < 1.29 is 4.74 Å². The van der Waals surface area contributed by atoms with Crippen molar-refractivity contribution in [2.24, 2.45) is 0 Å². The third kappa shape index (κ3) is 7.51. The van der Waals surface area contributed by atoms with Gasteiger partial charge in [0.05, 0.1) is 29.9 Å². The van der Waals surface area contributed by atoms with Gasteiger partial charge in [-0.25, -0.2) is 9.97 Å². The Labute approximate surface area is 235 Å². The van der Waals surface area contributed by atoms with Crippen molar-refractivity contribution in [3.05, 3.63) is 70.6 Å². The smallest absolute Gasteiger partial charge is 0.227 e. The summed E-state index contributed by atoms with van der Waals surface area (Å²) in [7, 11) is 9.89. The van der Waals surface area contributed by atoms with Gasteiger partial charge in [-0.2, -0.15) is 0 Å². The van der Waals surface area contributed by atoms with E-state index < -0.39 is 0 Å². The molecule has 0 atom stereocenters. The van der Waals surface area contributed by atoms with Gasteiger partial charge in [-0.3, -0.25) is 0 Å². The fourth-order valence-corrected chi connectivity index (χ4v) is 4.76. The van der Waals surface area contributed by atoms with Crippen molar-refractivity contribution in [3.63, 3.8) is 0 Å². The molecular formula is C32H46N6O. The molecule has 39 heavy (non-hydrogen) atoms. The highest BCUT2D eigenvalue weighted by atomic mass is 16.5. The maximum Gasteiger partial charge on any atom is 0.227 e. The van der Waals surface area contributed by atoms with Gasteiger partial charge in [0.25, 0.3) is 0 Å². The van der Waals surface area contributed by atoms with Crippen LogP contribution in [0.1, 0.15) is 56.0 Å². The number of hydrogen-bond donors (Lipinski definition) is 2. The van der Waals surface area contributed by atoms with E-state index in [1.807, 2.05) is 19.3 Å². The average molecular weight is 531 g/mol. The molecule has 210 valence electrons. The lowest BCUT2D eigenvalue weighted by Gasteiger charge is -2.25. The molecule has 0 aliphatic carbocycles. The van der Waals surface area contributed by atoms with E-state index in [4.69, 9.17) is 9.72 Å². The maximum atomic E-state index is 5.79. The van der Waals surface area contributed by atoms with E-state index >= 15 is 0 Å². The van der Waals surface area contributed by atoms with Gasteiger partial charge < -0.3 is 25.2 Å². The molecule has 2 aromatic carbocycles. The number of allylic oxidation sites excluding steroid dienone is 1. The summed E-state index contributed by atoms with van der Waals surface area (Å²) in [6.45, 7) is 10.6. The Bertz CT molecular complexity index is 1280. The number of aryl methyl sites for hydroxylation is 1. The number of nitrogens with one attached hydrogen (secondary N) is 2. The largest absolute Gasteiger partial charge is 0.494 e. The number of likely N-dealkylation sites (N-methyl/N-ethyl adjacent to an activating group) is 2. The normalized spacial score (nSPS) is 10.9. The fraction of sp³-hybridized carbons (Fsp3) is 0.438. The van der Waals surface area contributed by atoms with Crippen LogP contribution >= 0.6 is 0 Å². The molecule has 2 N–H and O–H groups in total. The number of nitrogens with zero attached hydrogens (tertiary/aromatic N) is 4.